The van der Waals surface area contributed by atoms with E-state index < -0.39 is 11.8 Å². The lowest BCUT2D eigenvalue weighted by molar-refractivity contribution is 0.0933. The molecule has 2 amide bonds. The summed E-state index contributed by atoms with van der Waals surface area (Å²) in [6.07, 6.45) is 4.66. The summed E-state index contributed by atoms with van der Waals surface area (Å²) in [5, 5.41) is 5.55. The summed E-state index contributed by atoms with van der Waals surface area (Å²) in [6.45, 7) is 4.20. The van der Waals surface area contributed by atoms with Gasteiger partial charge in [-0.05, 0) is 37.1 Å². The molecule has 0 aliphatic carbocycles. The number of imidazole rings is 1. The molecule has 0 spiro atoms. The Morgan fingerprint density at radius 1 is 1.15 bits per heavy atom. The lowest BCUT2D eigenvalue weighted by Crippen LogP contribution is -2.26. The second kappa shape index (κ2) is 7.60. The van der Waals surface area contributed by atoms with Crippen molar-refractivity contribution in [1.29, 1.82) is 0 Å². The average molecular weight is 349 g/mol. The van der Waals surface area contributed by atoms with E-state index in [1.54, 1.807) is 18.5 Å². The van der Waals surface area contributed by atoms with Crippen molar-refractivity contribution in [2.45, 2.75) is 20.4 Å². The van der Waals surface area contributed by atoms with Gasteiger partial charge < -0.3 is 15.6 Å². The third-order valence-corrected chi connectivity index (χ3v) is 3.89. The number of aromatic amines is 1. The van der Waals surface area contributed by atoms with Crippen molar-refractivity contribution in [1.82, 2.24) is 20.3 Å². The summed E-state index contributed by atoms with van der Waals surface area (Å²) < 4.78 is 0. The van der Waals surface area contributed by atoms with E-state index in [0.717, 1.165) is 16.7 Å². The number of carbonyl (C=O) groups is 2. The molecule has 7 heteroatoms. The van der Waals surface area contributed by atoms with E-state index in [1.165, 1.54) is 6.33 Å². The zero-order valence-electron chi connectivity index (χ0n) is 14.5. The third-order valence-electron chi connectivity index (χ3n) is 3.89. The van der Waals surface area contributed by atoms with Crippen LogP contribution in [-0.4, -0.2) is 26.8 Å². The smallest absolute Gasteiger partial charge is 0.276 e. The molecule has 3 N–H and O–H groups in total. The van der Waals surface area contributed by atoms with Crippen molar-refractivity contribution in [3.05, 3.63) is 77.1 Å². The van der Waals surface area contributed by atoms with Crippen molar-refractivity contribution in [2.75, 3.05) is 5.32 Å². The van der Waals surface area contributed by atoms with Crippen molar-refractivity contribution in [3.8, 4) is 0 Å². The SMILES string of the molecule is Cc1ccc(NC(=O)c2nc[nH]c2C(=O)NCc2cccnc2)c(C)c1. The van der Waals surface area contributed by atoms with Gasteiger partial charge in [0.15, 0.2) is 5.69 Å². The van der Waals surface area contributed by atoms with Crippen LogP contribution in [0.25, 0.3) is 0 Å². The second-order valence-electron chi connectivity index (χ2n) is 5.94. The van der Waals surface area contributed by atoms with E-state index in [2.05, 4.69) is 25.6 Å². The molecule has 0 saturated heterocycles. The third kappa shape index (κ3) is 3.94. The molecular formula is C19H19N5O2. The highest BCUT2D eigenvalue weighted by Gasteiger charge is 2.20. The highest BCUT2D eigenvalue weighted by atomic mass is 16.2. The molecule has 0 unspecified atom stereocenters. The van der Waals surface area contributed by atoms with E-state index in [-0.39, 0.29) is 11.4 Å². The van der Waals surface area contributed by atoms with Crippen molar-refractivity contribution in [3.63, 3.8) is 0 Å². The van der Waals surface area contributed by atoms with Gasteiger partial charge in [-0.2, -0.15) is 0 Å². The number of hydrogen-bond donors (Lipinski definition) is 3. The highest BCUT2D eigenvalue weighted by molar-refractivity contribution is 6.10. The molecule has 3 aromatic rings. The van der Waals surface area contributed by atoms with Gasteiger partial charge >= 0.3 is 0 Å². The van der Waals surface area contributed by atoms with Crippen molar-refractivity contribution in [2.24, 2.45) is 0 Å². The van der Waals surface area contributed by atoms with Crippen LogP contribution in [0.1, 0.15) is 37.7 Å². The average Bonchev–Trinajstić information content (AvgIpc) is 3.13. The number of carbonyl (C=O) groups excluding carboxylic acids is 2. The van der Waals surface area contributed by atoms with E-state index in [4.69, 9.17) is 0 Å². The van der Waals surface area contributed by atoms with Crippen LogP contribution < -0.4 is 10.6 Å². The number of nitrogens with one attached hydrogen (secondary N) is 3. The van der Waals surface area contributed by atoms with Gasteiger partial charge in [-0.3, -0.25) is 14.6 Å². The van der Waals surface area contributed by atoms with Crippen molar-refractivity contribution >= 4 is 17.5 Å². The number of pyridine rings is 1. The molecular weight excluding hydrogens is 330 g/mol. The zero-order chi connectivity index (χ0) is 18.5. The fourth-order valence-corrected chi connectivity index (χ4v) is 2.55. The monoisotopic (exact) mass is 349 g/mol. The van der Waals surface area contributed by atoms with Crippen LogP contribution in [-0.2, 0) is 6.54 Å². The first-order chi connectivity index (χ1) is 12.5. The quantitative estimate of drug-likeness (QED) is 0.659. The molecule has 0 aliphatic rings. The minimum Gasteiger partial charge on any atom is -0.347 e. The van der Waals surface area contributed by atoms with Gasteiger partial charge in [-0.1, -0.05) is 23.8 Å². The van der Waals surface area contributed by atoms with E-state index in [9.17, 15) is 9.59 Å². The Labute approximate surface area is 150 Å². The molecule has 7 nitrogen and oxygen atoms in total. The fourth-order valence-electron chi connectivity index (χ4n) is 2.55. The fraction of sp³-hybridized carbons (Fsp3) is 0.158. The van der Waals surface area contributed by atoms with Gasteiger partial charge in [0, 0.05) is 24.6 Å². The number of benzene rings is 1. The van der Waals surface area contributed by atoms with Crippen molar-refractivity contribution < 1.29 is 9.59 Å². The molecule has 0 saturated carbocycles. The van der Waals surface area contributed by atoms with Gasteiger partial charge in [0.25, 0.3) is 11.8 Å². The lowest BCUT2D eigenvalue weighted by Gasteiger charge is -2.09. The highest BCUT2D eigenvalue weighted by Crippen LogP contribution is 2.17. The largest absolute Gasteiger partial charge is 0.347 e. The number of aromatic nitrogens is 3. The first-order valence-corrected chi connectivity index (χ1v) is 8.13. The van der Waals surface area contributed by atoms with Crippen LogP contribution in [0, 0.1) is 13.8 Å². The second-order valence-corrected chi connectivity index (χ2v) is 5.94. The minimum absolute atomic E-state index is 0.0497. The van der Waals surface area contributed by atoms with Gasteiger partial charge in [0.1, 0.15) is 5.69 Å². The Morgan fingerprint density at radius 3 is 2.73 bits per heavy atom. The molecule has 0 bridgehead atoms. The maximum Gasteiger partial charge on any atom is 0.276 e. The van der Waals surface area contributed by atoms with Crippen LogP contribution >= 0.6 is 0 Å². The van der Waals surface area contributed by atoms with Gasteiger partial charge in [-0.25, -0.2) is 4.98 Å². The van der Waals surface area contributed by atoms with Crippen LogP contribution in [0.2, 0.25) is 0 Å². The lowest BCUT2D eigenvalue weighted by atomic mass is 10.1. The molecule has 0 radical (unpaired) electrons. The van der Waals surface area contributed by atoms with E-state index in [1.807, 2.05) is 38.1 Å². The predicted octanol–water partition coefficient (Wildman–Crippen LogP) is 2.60. The Hall–Kier alpha value is -3.48. The summed E-state index contributed by atoms with van der Waals surface area (Å²) in [4.78, 5) is 35.6. The number of nitrogens with zero attached hydrogens (tertiary/aromatic N) is 2. The maximum atomic E-state index is 12.5. The molecule has 2 aromatic heterocycles. The Balaban J connectivity index is 1.70. The van der Waals surface area contributed by atoms with Crippen LogP contribution in [0.4, 0.5) is 5.69 Å². The summed E-state index contributed by atoms with van der Waals surface area (Å²) in [7, 11) is 0. The first-order valence-electron chi connectivity index (χ1n) is 8.13. The molecule has 0 fully saturated rings. The Morgan fingerprint density at radius 2 is 2.00 bits per heavy atom. The summed E-state index contributed by atoms with van der Waals surface area (Å²) >= 11 is 0. The summed E-state index contributed by atoms with van der Waals surface area (Å²) in [5.41, 5.74) is 3.77. The molecule has 26 heavy (non-hydrogen) atoms. The maximum absolute atomic E-state index is 12.5. The predicted molar refractivity (Wildman–Crippen MR) is 97.9 cm³/mol. The number of amides is 2. The van der Waals surface area contributed by atoms with E-state index >= 15 is 0 Å². The Kier molecular flexibility index (Phi) is 5.07. The van der Waals surface area contributed by atoms with Gasteiger partial charge in [0.2, 0.25) is 0 Å². The zero-order valence-corrected chi connectivity index (χ0v) is 14.5. The van der Waals surface area contributed by atoms with Crippen LogP contribution in [0.5, 0.6) is 0 Å². The molecule has 1 aromatic carbocycles. The standard InChI is InChI=1S/C19H19N5O2/c1-12-5-6-15(13(2)8-12)24-19(26)17-16(22-11-23-17)18(25)21-10-14-4-3-7-20-9-14/h3-9,11H,10H2,1-2H3,(H,21,25)(H,22,23)(H,24,26). The Bertz CT molecular complexity index is 934. The summed E-state index contributed by atoms with van der Waals surface area (Å²) in [5.74, 6) is -0.845. The van der Waals surface area contributed by atoms with E-state index in [0.29, 0.717) is 12.2 Å². The molecule has 3 rings (SSSR count). The number of rotatable bonds is 5. The van der Waals surface area contributed by atoms with Gasteiger partial charge in [-0.15, -0.1) is 0 Å². The number of H-pyrrole nitrogens is 1. The normalized spacial score (nSPS) is 10.4. The first kappa shape index (κ1) is 17.3. The minimum atomic E-state index is -0.440. The molecule has 132 valence electrons. The molecule has 0 aliphatic heterocycles. The number of hydrogen-bond acceptors (Lipinski definition) is 4. The van der Waals surface area contributed by atoms with Gasteiger partial charge in [0.05, 0.1) is 6.33 Å². The molecule has 0 atom stereocenters. The molecule has 2 heterocycles. The number of anilines is 1. The number of aryl methyl sites for hydroxylation is 2. The topological polar surface area (TPSA) is 99.8 Å². The summed E-state index contributed by atoms with van der Waals surface area (Å²) in [6, 6.07) is 9.36. The van der Waals surface area contributed by atoms with Crippen LogP contribution in [0.15, 0.2) is 49.1 Å². The van der Waals surface area contributed by atoms with Crippen LogP contribution in [0.3, 0.4) is 0 Å².